The molecule has 3 heterocycles. The number of nitrogens with one attached hydrogen (secondary N) is 2. The lowest BCUT2D eigenvalue weighted by atomic mass is 10.4. The van der Waals surface area contributed by atoms with E-state index in [0.717, 1.165) is 11.5 Å². The summed E-state index contributed by atoms with van der Waals surface area (Å²) in [5.41, 5.74) is 2.06. The van der Waals surface area contributed by atoms with E-state index in [9.17, 15) is 0 Å². The third-order valence-electron chi connectivity index (χ3n) is 2.37. The number of fused-ring (bicyclic) bond motifs is 1. The number of hydrogen-bond donors (Lipinski definition) is 2. The van der Waals surface area contributed by atoms with Crippen LogP contribution in [-0.2, 0) is 6.54 Å². The van der Waals surface area contributed by atoms with E-state index in [1.807, 2.05) is 13.0 Å². The maximum absolute atomic E-state index is 5.81. The van der Waals surface area contributed by atoms with Crippen molar-refractivity contribution >= 4 is 28.6 Å². The fourth-order valence-corrected chi connectivity index (χ4v) is 1.77. The summed E-state index contributed by atoms with van der Waals surface area (Å²) in [5.74, 6) is 1.30. The van der Waals surface area contributed by atoms with Gasteiger partial charge in [-0.2, -0.15) is 9.97 Å². The molecule has 0 atom stereocenters. The van der Waals surface area contributed by atoms with E-state index in [1.165, 1.54) is 0 Å². The van der Waals surface area contributed by atoms with Gasteiger partial charge in [-0.05, 0) is 18.5 Å². The highest BCUT2D eigenvalue weighted by atomic mass is 35.5. The number of anilines is 1. The Bertz CT molecular complexity index is 691. The van der Waals surface area contributed by atoms with Crippen LogP contribution in [0.5, 0.6) is 0 Å². The van der Waals surface area contributed by atoms with Crippen LogP contribution in [0.1, 0.15) is 11.5 Å². The van der Waals surface area contributed by atoms with Gasteiger partial charge >= 0.3 is 0 Å². The fourth-order valence-electron chi connectivity index (χ4n) is 1.61. The Morgan fingerprint density at radius 1 is 1.44 bits per heavy atom. The van der Waals surface area contributed by atoms with E-state index in [0.29, 0.717) is 23.5 Å². The van der Waals surface area contributed by atoms with Crippen LogP contribution in [0.15, 0.2) is 16.9 Å². The molecule has 0 aliphatic rings. The van der Waals surface area contributed by atoms with Crippen molar-refractivity contribution in [2.24, 2.45) is 0 Å². The van der Waals surface area contributed by atoms with Crippen LogP contribution in [0, 0.1) is 6.92 Å². The Morgan fingerprint density at radius 2 is 2.33 bits per heavy atom. The number of imidazole rings is 1. The van der Waals surface area contributed by atoms with Gasteiger partial charge < -0.3 is 14.8 Å². The van der Waals surface area contributed by atoms with Crippen LogP contribution < -0.4 is 5.32 Å². The molecule has 18 heavy (non-hydrogen) atoms. The molecule has 7 nitrogen and oxygen atoms in total. The zero-order valence-corrected chi connectivity index (χ0v) is 10.2. The summed E-state index contributed by atoms with van der Waals surface area (Å²) < 4.78 is 5.10. The van der Waals surface area contributed by atoms with Crippen molar-refractivity contribution in [3.63, 3.8) is 0 Å². The first kappa shape index (κ1) is 11.0. The van der Waals surface area contributed by atoms with E-state index < -0.39 is 0 Å². The zero-order chi connectivity index (χ0) is 12.5. The molecule has 2 N–H and O–H groups in total. The standard InChI is InChI=1S/C10H9ClN6O/c1-5-2-6(18-17-5)3-12-8-7-9(14-4-13-7)16-10(11)15-8/h2,4H,3H2,1H3,(H2,12,13,14,15,16). The topological polar surface area (TPSA) is 92.5 Å². The highest BCUT2D eigenvalue weighted by Crippen LogP contribution is 2.19. The minimum Gasteiger partial charge on any atom is -0.361 e. The number of halogens is 1. The predicted molar refractivity (Wildman–Crippen MR) is 65.3 cm³/mol. The highest BCUT2D eigenvalue weighted by molar-refractivity contribution is 6.28. The van der Waals surface area contributed by atoms with Crippen LogP contribution >= 0.6 is 11.6 Å². The van der Waals surface area contributed by atoms with Crippen molar-refractivity contribution in [2.45, 2.75) is 13.5 Å². The summed E-state index contributed by atoms with van der Waals surface area (Å²) >= 11 is 5.81. The molecule has 0 radical (unpaired) electrons. The Labute approximate surface area is 107 Å². The van der Waals surface area contributed by atoms with Gasteiger partial charge in [0.15, 0.2) is 17.2 Å². The smallest absolute Gasteiger partial charge is 0.226 e. The summed E-state index contributed by atoms with van der Waals surface area (Å²) in [6.45, 7) is 2.32. The van der Waals surface area contributed by atoms with Gasteiger partial charge in [0.25, 0.3) is 0 Å². The molecular weight excluding hydrogens is 256 g/mol. The summed E-state index contributed by atoms with van der Waals surface area (Å²) in [5, 5.41) is 7.05. The predicted octanol–water partition coefficient (Wildman–Crippen LogP) is 1.91. The number of H-pyrrole nitrogens is 1. The lowest BCUT2D eigenvalue weighted by Gasteiger charge is -2.03. The summed E-state index contributed by atoms with van der Waals surface area (Å²) in [4.78, 5) is 15.1. The molecule has 8 heteroatoms. The van der Waals surface area contributed by atoms with E-state index in [2.05, 4.69) is 30.4 Å². The average Bonchev–Trinajstić information content (AvgIpc) is 2.94. The number of aromatic nitrogens is 5. The molecule has 3 rings (SSSR count). The molecule has 3 aromatic heterocycles. The van der Waals surface area contributed by atoms with Crippen LogP contribution in [0.25, 0.3) is 11.2 Å². The average molecular weight is 265 g/mol. The first-order chi connectivity index (χ1) is 8.72. The number of hydrogen-bond acceptors (Lipinski definition) is 6. The maximum Gasteiger partial charge on any atom is 0.226 e. The second kappa shape index (κ2) is 4.26. The third kappa shape index (κ3) is 2.00. The zero-order valence-electron chi connectivity index (χ0n) is 9.44. The molecule has 0 bridgehead atoms. The normalized spacial score (nSPS) is 11.0. The molecule has 0 spiro atoms. The second-order valence-corrected chi connectivity index (χ2v) is 4.07. The van der Waals surface area contributed by atoms with Crippen LogP contribution in [0.4, 0.5) is 5.82 Å². The molecule has 92 valence electrons. The Balaban J connectivity index is 1.87. The highest BCUT2D eigenvalue weighted by Gasteiger charge is 2.09. The van der Waals surface area contributed by atoms with E-state index >= 15 is 0 Å². The number of aromatic amines is 1. The molecule has 0 aliphatic heterocycles. The molecule has 0 amide bonds. The van der Waals surface area contributed by atoms with Crippen molar-refractivity contribution in [3.05, 3.63) is 29.1 Å². The molecule has 0 saturated heterocycles. The quantitative estimate of drug-likeness (QED) is 0.702. The Kier molecular flexibility index (Phi) is 2.60. The van der Waals surface area contributed by atoms with Crippen LogP contribution in [0.2, 0.25) is 5.28 Å². The summed E-state index contributed by atoms with van der Waals surface area (Å²) in [6.07, 6.45) is 1.54. The maximum atomic E-state index is 5.81. The summed E-state index contributed by atoms with van der Waals surface area (Å²) in [6, 6.07) is 1.85. The third-order valence-corrected chi connectivity index (χ3v) is 2.53. The van der Waals surface area contributed by atoms with Crippen LogP contribution in [-0.4, -0.2) is 25.1 Å². The molecule has 0 saturated carbocycles. The van der Waals surface area contributed by atoms with Crippen molar-refractivity contribution in [2.75, 3.05) is 5.32 Å². The summed E-state index contributed by atoms with van der Waals surface area (Å²) in [7, 11) is 0. The molecule has 0 fully saturated rings. The Morgan fingerprint density at radius 3 is 3.11 bits per heavy atom. The lowest BCUT2D eigenvalue weighted by molar-refractivity contribution is 0.384. The second-order valence-electron chi connectivity index (χ2n) is 3.73. The number of rotatable bonds is 3. The molecule has 0 unspecified atom stereocenters. The minimum absolute atomic E-state index is 0.144. The fraction of sp³-hybridized carbons (Fsp3) is 0.200. The van der Waals surface area contributed by atoms with Gasteiger partial charge in [0.2, 0.25) is 5.28 Å². The lowest BCUT2D eigenvalue weighted by Crippen LogP contribution is -2.02. The van der Waals surface area contributed by atoms with E-state index in [-0.39, 0.29) is 5.28 Å². The van der Waals surface area contributed by atoms with E-state index in [1.54, 1.807) is 6.33 Å². The van der Waals surface area contributed by atoms with Crippen molar-refractivity contribution < 1.29 is 4.52 Å². The minimum atomic E-state index is 0.144. The molecular formula is C10H9ClN6O. The SMILES string of the molecule is Cc1cc(CNc2nc(Cl)nc3nc[nH]c23)on1. The monoisotopic (exact) mass is 264 g/mol. The van der Waals surface area contributed by atoms with E-state index in [4.69, 9.17) is 16.1 Å². The number of nitrogens with zero attached hydrogens (tertiary/aromatic N) is 4. The molecule has 0 aromatic carbocycles. The van der Waals surface area contributed by atoms with Crippen molar-refractivity contribution in [1.29, 1.82) is 0 Å². The first-order valence-electron chi connectivity index (χ1n) is 5.25. The first-order valence-corrected chi connectivity index (χ1v) is 5.63. The number of aryl methyl sites for hydroxylation is 1. The van der Waals surface area contributed by atoms with Gasteiger partial charge in [0, 0.05) is 6.07 Å². The van der Waals surface area contributed by atoms with Gasteiger partial charge in [0.1, 0.15) is 5.52 Å². The Hall–Kier alpha value is -2.15. The molecule has 3 aromatic rings. The van der Waals surface area contributed by atoms with Gasteiger partial charge in [-0.15, -0.1) is 0 Å². The van der Waals surface area contributed by atoms with Gasteiger partial charge in [-0.3, -0.25) is 0 Å². The van der Waals surface area contributed by atoms with Gasteiger partial charge in [-0.25, -0.2) is 4.98 Å². The van der Waals surface area contributed by atoms with Gasteiger partial charge in [-0.1, -0.05) is 5.16 Å². The van der Waals surface area contributed by atoms with Crippen molar-refractivity contribution in [1.82, 2.24) is 25.1 Å². The van der Waals surface area contributed by atoms with Crippen molar-refractivity contribution in [3.8, 4) is 0 Å². The van der Waals surface area contributed by atoms with Gasteiger partial charge in [0.05, 0.1) is 18.6 Å². The van der Waals surface area contributed by atoms with Crippen LogP contribution in [0.3, 0.4) is 0 Å². The largest absolute Gasteiger partial charge is 0.361 e. The molecule has 0 aliphatic carbocycles.